The zero-order valence-electron chi connectivity index (χ0n) is 10.8. The van der Waals surface area contributed by atoms with Crippen molar-refractivity contribution in [1.82, 2.24) is 24.7 Å². The SMILES string of the molecule is Cc1[nH]nc(C(=O)O)c1S(=O)(=O)N(C)Cc1cn[nH]c1. The fraction of sp³-hybridized carbons (Fsp3) is 0.300. The average molecular weight is 299 g/mol. The third-order valence-electron chi connectivity index (χ3n) is 2.72. The Labute approximate surface area is 114 Å². The number of aromatic carboxylic acids is 1. The van der Waals surface area contributed by atoms with Gasteiger partial charge in [0.15, 0.2) is 5.69 Å². The number of H-pyrrole nitrogens is 2. The molecule has 0 aliphatic carbocycles. The third-order valence-corrected chi connectivity index (χ3v) is 4.69. The standard InChI is InChI=1S/C10H13N5O4S/c1-6-9(8(10(16)17)14-13-6)20(18,19)15(2)5-7-3-11-12-4-7/h3-4H,5H2,1-2H3,(H,11,12)(H,13,14)(H,16,17). The largest absolute Gasteiger partial charge is 0.476 e. The van der Waals surface area contributed by atoms with Crippen LogP contribution in [0.25, 0.3) is 0 Å². The summed E-state index contributed by atoms with van der Waals surface area (Å²) in [5.74, 6) is -1.40. The predicted octanol–water partition coefficient (Wildman–Crippen LogP) is -0.0399. The molecule has 0 atom stereocenters. The topological polar surface area (TPSA) is 132 Å². The number of carboxylic acid groups (broad SMARTS) is 1. The van der Waals surface area contributed by atoms with Crippen LogP contribution in [0.5, 0.6) is 0 Å². The van der Waals surface area contributed by atoms with Crippen molar-refractivity contribution in [3.05, 3.63) is 29.3 Å². The maximum atomic E-state index is 12.4. The van der Waals surface area contributed by atoms with Crippen LogP contribution in [0.4, 0.5) is 0 Å². The number of hydrogen-bond donors (Lipinski definition) is 3. The van der Waals surface area contributed by atoms with Crippen molar-refractivity contribution in [2.75, 3.05) is 7.05 Å². The minimum atomic E-state index is -3.96. The van der Waals surface area contributed by atoms with Crippen LogP contribution in [0, 0.1) is 6.92 Å². The molecule has 0 aromatic carbocycles. The molecule has 0 unspecified atom stereocenters. The molecule has 108 valence electrons. The van der Waals surface area contributed by atoms with Crippen LogP contribution in [0.1, 0.15) is 21.7 Å². The summed E-state index contributed by atoms with van der Waals surface area (Å²) >= 11 is 0. The van der Waals surface area contributed by atoms with Gasteiger partial charge in [-0.15, -0.1) is 0 Å². The molecule has 9 nitrogen and oxygen atoms in total. The summed E-state index contributed by atoms with van der Waals surface area (Å²) in [4.78, 5) is 10.7. The summed E-state index contributed by atoms with van der Waals surface area (Å²) < 4.78 is 25.9. The molecule has 0 amide bonds. The summed E-state index contributed by atoms with van der Waals surface area (Å²) in [6.45, 7) is 1.53. The number of sulfonamides is 1. The Morgan fingerprint density at radius 3 is 2.75 bits per heavy atom. The van der Waals surface area contributed by atoms with Crippen LogP contribution in [0.3, 0.4) is 0 Å². The van der Waals surface area contributed by atoms with Crippen LogP contribution < -0.4 is 0 Å². The first-order chi connectivity index (χ1) is 9.34. The molecule has 0 radical (unpaired) electrons. The Bertz CT molecular complexity index is 719. The summed E-state index contributed by atoms with van der Waals surface area (Å²) in [6.07, 6.45) is 3.05. The number of aryl methyl sites for hydroxylation is 1. The highest BCUT2D eigenvalue weighted by Gasteiger charge is 2.31. The van der Waals surface area contributed by atoms with Gasteiger partial charge in [0.2, 0.25) is 10.0 Å². The molecule has 3 N–H and O–H groups in total. The number of nitrogens with zero attached hydrogens (tertiary/aromatic N) is 3. The number of carbonyl (C=O) groups is 1. The summed E-state index contributed by atoms with van der Waals surface area (Å²) in [7, 11) is -2.60. The van der Waals surface area contributed by atoms with Crippen molar-refractivity contribution >= 4 is 16.0 Å². The van der Waals surface area contributed by atoms with Gasteiger partial charge >= 0.3 is 5.97 Å². The van der Waals surface area contributed by atoms with Crippen molar-refractivity contribution in [2.24, 2.45) is 0 Å². The zero-order valence-corrected chi connectivity index (χ0v) is 11.6. The van der Waals surface area contributed by atoms with Gasteiger partial charge in [0.25, 0.3) is 0 Å². The van der Waals surface area contributed by atoms with Gasteiger partial charge in [0.05, 0.1) is 11.9 Å². The highest BCUT2D eigenvalue weighted by atomic mass is 32.2. The number of nitrogens with one attached hydrogen (secondary N) is 2. The van der Waals surface area contributed by atoms with Crippen LogP contribution in [0.2, 0.25) is 0 Å². The average Bonchev–Trinajstić information content (AvgIpc) is 2.98. The van der Waals surface area contributed by atoms with E-state index in [0.717, 1.165) is 4.31 Å². The number of aromatic nitrogens is 4. The van der Waals surface area contributed by atoms with Crippen molar-refractivity contribution in [2.45, 2.75) is 18.4 Å². The van der Waals surface area contributed by atoms with Crippen LogP contribution in [-0.2, 0) is 16.6 Å². The van der Waals surface area contributed by atoms with E-state index < -0.39 is 21.7 Å². The highest BCUT2D eigenvalue weighted by Crippen LogP contribution is 2.22. The summed E-state index contributed by atoms with van der Waals surface area (Å²) in [5.41, 5.74) is 0.331. The Morgan fingerprint density at radius 1 is 1.50 bits per heavy atom. The lowest BCUT2D eigenvalue weighted by atomic mass is 10.4. The van der Waals surface area contributed by atoms with Gasteiger partial charge in [-0.05, 0) is 6.92 Å². The van der Waals surface area contributed by atoms with Gasteiger partial charge in [0.1, 0.15) is 4.90 Å². The van der Waals surface area contributed by atoms with Crippen molar-refractivity contribution in [1.29, 1.82) is 0 Å². The molecular weight excluding hydrogens is 286 g/mol. The molecular formula is C10H13N5O4S. The molecule has 20 heavy (non-hydrogen) atoms. The smallest absolute Gasteiger partial charge is 0.357 e. The van der Waals surface area contributed by atoms with Crippen molar-refractivity contribution in [3.8, 4) is 0 Å². The van der Waals surface area contributed by atoms with E-state index in [9.17, 15) is 13.2 Å². The second kappa shape index (κ2) is 5.06. The predicted molar refractivity (Wildman–Crippen MR) is 67.5 cm³/mol. The molecule has 10 heteroatoms. The fourth-order valence-corrected chi connectivity index (χ4v) is 3.18. The zero-order chi connectivity index (χ0) is 14.9. The molecule has 0 fully saturated rings. The lowest BCUT2D eigenvalue weighted by molar-refractivity contribution is 0.0686. The van der Waals surface area contributed by atoms with Gasteiger partial charge in [-0.2, -0.15) is 14.5 Å². The lowest BCUT2D eigenvalue weighted by Crippen LogP contribution is -2.28. The molecule has 0 aliphatic rings. The van der Waals surface area contributed by atoms with E-state index >= 15 is 0 Å². The molecule has 0 bridgehead atoms. The Balaban J connectivity index is 2.40. The molecule has 0 saturated carbocycles. The molecule has 2 heterocycles. The lowest BCUT2D eigenvalue weighted by Gasteiger charge is -2.16. The third kappa shape index (κ3) is 2.42. The first kappa shape index (κ1) is 14.2. The first-order valence-corrected chi connectivity index (χ1v) is 7.00. The first-order valence-electron chi connectivity index (χ1n) is 5.56. The minimum Gasteiger partial charge on any atom is -0.476 e. The van der Waals surface area contributed by atoms with Crippen molar-refractivity contribution in [3.63, 3.8) is 0 Å². The number of carboxylic acids is 1. The quantitative estimate of drug-likeness (QED) is 0.709. The fourth-order valence-electron chi connectivity index (χ4n) is 1.74. The highest BCUT2D eigenvalue weighted by molar-refractivity contribution is 7.89. The molecule has 0 saturated heterocycles. The summed E-state index contributed by atoms with van der Waals surface area (Å²) in [5, 5.41) is 21.2. The van der Waals surface area contributed by atoms with Gasteiger partial charge in [-0.25, -0.2) is 13.2 Å². The second-order valence-electron chi connectivity index (χ2n) is 4.20. The number of hydrogen-bond acceptors (Lipinski definition) is 5. The Morgan fingerprint density at radius 2 is 2.20 bits per heavy atom. The normalized spacial score (nSPS) is 11.9. The van der Waals surface area contributed by atoms with E-state index in [-0.39, 0.29) is 17.1 Å². The number of aromatic amines is 2. The van der Waals surface area contributed by atoms with Crippen LogP contribution in [-0.4, -0.2) is 51.2 Å². The maximum absolute atomic E-state index is 12.4. The van der Waals surface area contributed by atoms with Crippen molar-refractivity contribution < 1.29 is 18.3 Å². The molecule has 0 aliphatic heterocycles. The van der Waals surface area contributed by atoms with E-state index in [0.29, 0.717) is 5.56 Å². The molecule has 0 spiro atoms. The number of rotatable bonds is 5. The molecule has 2 rings (SSSR count). The van der Waals surface area contributed by atoms with E-state index in [4.69, 9.17) is 5.11 Å². The Hall–Kier alpha value is -2.20. The second-order valence-corrected chi connectivity index (χ2v) is 6.18. The van der Waals surface area contributed by atoms with E-state index in [1.165, 1.54) is 20.2 Å². The monoisotopic (exact) mass is 299 g/mol. The van der Waals surface area contributed by atoms with E-state index in [1.807, 2.05) is 0 Å². The van der Waals surface area contributed by atoms with E-state index in [1.54, 1.807) is 6.20 Å². The molecule has 2 aromatic heterocycles. The maximum Gasteiger partial charge on any atom is 0.357 e. The van der Waals surface area contributed by atoms with Gasteiger partial charge in [-0.3, -0.25) is 10.2 Å². The van der Waals surface area contributed by atoms with Crippen LogP contribution in [0.15, 0.2) is 17.3 Å². The van der Waals surface area contributed by atoms with Gasteiger partial charge in [0, 0.05) is 25.4 Å². The molecule has 2 aromatic rings. The van der Waals surface area contributed by atoms with E-state index in [2.05, 4.69) is 20.4 Å². The van der Waals surface area contributed by atoms with Gasteiger partial charge in [-0.1, -0.05) is 0 Å². The Kier molecular flexibility index (Phi) is 3.59. The minimum absolute atomic E-state index is 0.0719. The van der Waals surface area contributed by atoms with Gasteiger partial charge < -0.3 is 5.11 Å². The van der Waals surface area contributed by atoms with Crippen LogP contribution >= 0.6 is 0 Å². The summed E-state index contributed by atoms with van der Waals surface area (Å²) in [6, 6.07) is 0.